The van der Waals surface area contributed by atoms with E-state index in [0.29, 0.717) is 36.1 Å². The number of benzene rings is 3. The molecule has 0 bridgehead atoms. The van der Waals surface area contributed by atoms with E-state index in [2.05, 4.69) is 10.3 Å². The second-order valence-corrected chi connectivity index (χ2v) is 14.3. The zero-order chi connectivity index (χ0) is 36.8. The molecule has 2 aliphatic heterocycles. The molecule has 52 heavy (non-hydrogen) atoms. The van der Waals surface area contributed by atoms with Gasteiger partial charge in [0.05, 0.1) is 20.8 Å². The molecule has 2 aliphatic rings. The van der Waals surface area contributed by atoms with Crippen LogP contribution in [0.4, 0.5) is 5.82 Å². The van der Waals surface area contributed by atoms with Crippen LogP contribution in [0.25, 0.3) is 0 Å². The predicted molar refractivity (Wildman–Crippen MR) is 198 cm³/mol. The van der Waals surface area contributed by atoms with Gasteiger partial charge < -0.3 is 39.0 Å². The number of ether oxygens (including phenoxy) is 5. The van der Waals surface area contributed by atoms with Crippen molar-refractivity contribution in [2.75, 3.05) is 50.7 Å². The van der Waals surface area contributed by atoms with E-state index in [1.807, 2.05) is 78.9 Å². The summed E-state index contributed by atoms with van der Waals surface area (Å²) in [6.07, 6.45) is -3.28. The number of hydrogen-bond donors (Lipinski definition) is 2. The Hall–Kier alpha value is -4.67. The highest BCUT2D eigenvalue weighted by atomic mass is 32.2. The number of amides is 1. The zero-order valence-corrected chi connectivity index (χ0v) is 30.5. The van der Waals surface area contributed by atoms with Gasteiger partial charge in [-0.2, -0.15) is 4.98 Å². The summed E-state index contributed by atoms with van der Waals surface area (Å²) >= 11 is 5.64. The largest absolute Gasteiger partial charge is 0.497 e. The van der Waals surface area contributed by atoms with Crippen LogP contribution in [0, 0.1) is 0 Å². The number of aliphatic hydroxyl groups is 1. The lowest BCUT2D eigenvalue weighted by molar-refractivity contribution is -0.114. The molecule has 0 aliphatic carbocycles. The van der Waals surface area contributed by atoms with Crippen molar-refractivity contribution in [3.8, 4) is 11.5 Å². The number of anilines is 1. The summed E-state index contributed by atoms with van der Waals surface area (Å²) in [6, 6.07) is 26.2. The highest BCUT2D eigenvalue weighted by Crippen LogP contribution is 2.43. The standard InChI is InChI=1S/C37H40N4O9S2/c1-24(42)38-31-17-18-41(35(44)39-31)34-33(50-36(51)40-19-21-52(45)22-20-40)32(43)30(49-34)23-48-37(25-7-5-4-6-8-25,26-9-13-28(46-2)14-10-26)27-11-15-29(47-3)16-12-27/h4-18,30,32-34,43H,19-23H2,1-3H3,(H,38,39,42,44)/t30-,32?,33?,34-/m1/s1. The van der Waals surface area contributed by atoms with E-state index in [1.54, 1.807) is 19.1 Å². The quantitative estimate of drug-likeness (QED) is 0.171. The van der Waals surface area contributed by atoms with Gasteiger partial charge in [0.2, 0.25) is 5.91 Å². The summed E-state index contributed by atoms with van der Waals surface area (Å²) in [5, 5.41) is 14.5. The first-order chi connectivity index (χ1) is 25.1. The lowest BCUT2D eigenvalue weighted by atomic mass is 9.80. The summed E-state index contributed by atoms with van der Waals surface area (Å²) in [7, 11) is 2.24. The van der Waals surface area contributed by atoms with Crippen molar-refractivity contribution in [1.29, 1.82) is 0 Å². The smallest absolute Gasteiger partial charge is 0.351 e. The Kier molecular flexibility index (Phi) is 11.7. The van der Waals surface area contributed by atoms with Crippen LogP contribution in [0.15, 0.2) is 95.9 Å². The van der Waals surface area contributed by atoms with Crippen molar-refractivity contribution in [2.45, 2.75) is 37.1 Å². The van der Waals surface area contributed by atoms with Crippen molar-refractivity contribution >= 4 is 39.9 Å². The van der Waals surface area contributed by atoms with E-state index >= 15 is 0 Å². The maximum atomic E-state index is 13.3. The van der Waals surface area contributed by atoms with E-state index in [9.17, 15) is 18.9 Å². The number of carbonyl (C=O) groups is 1. The number of aromatic nitrogens is 2. The van der Waals surface area contributed by atoms with Crippen LogP contribution in [0.5, 0.6) is 11.5 Å². The third kappa shape index (κ3) is 7.88. The van der Waals surface area contributed by atoms with Gasteiger partial charge in [-0.15, -0.1) is 0 Å². The summed E-state index contributed by atoms with van der Waals surface area (Å²) in [6.45, 7) is 1.99. The lowest BCUT2D eigenvalue weighted by Gasteiger charge is -2.37. The third-order valence-corrected chi connectivity index (χ3v) is 10.7. The Labute approximate surface area is 308 Å². The molecule has 2 fully saturated rings. The van der Waals surface area contributed by atoms with Crippen LogP contribution in [0.1, 0.15) is 29.8 Å². The van der Waals surface area contributed by atoms with E-state index < -0.39 is 46.6 Å². The molecule has 0 radical (unpaired) electrons. The maximum Gasteiger partial charge on any atom is 0.351 e. The minimum atomic E-state index is -1.33. The van der Waals surface area contributed by atoms with Crippen LogP contribution in [-0.4, -0.2) is 98.6 Å². The van der Waals surface area contributed by atoms with Gasteiger partial charge >= 0.3 is 5.69 Å². The van der Waals surface area contributed by atoms with Gasteiger partial charge in [-0.25, -0.2) is 4.79 Å². The van der Waals surface area contributed by atoms with E-state index in [-0.39, 0.29) is 23.5 Å². The average Bonchev–Trinajstić information content (AvgIpc) is 3.46. The number of nitrogens with one attached hydrogen (secondary N) is 1. The second-order valence-electron chi connectivity index (χ2n) is 12.2. The van der Waals surface area contributed by atoms with Crippen molar-refractivity contribution < 1.29 is 37.8 Å². The Balaban J connectivity index is 1.37. The fourth-order valence-electron chi connectivity index (χ4n) is 6.36. The molecule has 0 saturated carbocycles. The van der Waals surface area contributed by atoms with Gasteiger partial charge in [-0.1, -0.05) is 54.6 Å². The van der Waals surface area contributed by atoms with Gasteiger partial charge in [-0.05, 0) is 59.2 Å². The van der Waals surface area contributed by atoms with E-state index in [0.717, 1.165) is 16.7 Å². The molecule has 1 amide bonds. The number of rotatable bonds is 11. The second kappa shape index (κ2) is 16.3. The SMILES string of the molecule is COc1ccc(C(OC[C@H]2O[C@@H](n3ccc(NC(C)=O)nc3=O)C(OC(=S)N3CCS(=O)CC3)C2O)(c2ccccc2)c2ccc(OC)cc2)cc1. The van der Waals surface area contributed by atoms with Gasteiger partial charge in [0, 0.05) is 48.5 Å². The molecule has 0 spiro atoms. The number of nitrogens with zero attached hydrogens (tertiary/aromatic N) is 3. The van der Waals surface area contributed by atoms with Crippen molar-refractivity contribution in [3.05, 3.63) is 118 Å². The molecule has 4 aromatic rings. The number of methoxy groups -OCH3 is 2. The average molecular weight is 749 g/mol. The first kappa shape index (κ1) is 37.1. The monoisotopic (exact) mass is 748 g/mol. The highest BCUT2D eigenvalue weighted by molar-refractivity contribution is 7.85. The van der Waals surface area contributed by atoms with Crippen molar-refractivity contribution in [2.24, 2.45) is 0 Å². The van der Waals surface area contributed by atoms with Gasteiger partial charge in [0.15, 0.2) is 12.3 Å². The third-order valence-electron chi connectivity index (χ3n) is 9.03. The molecule has 3 aromatic carbocycles. The normalized spacial score (nSPS) is 20.7. The molecule has 274 valence electrons. The fourth-order valence-corrected chi connectivity index (χ4v) is 7.70. The molecule has 15 heteroatoms. The van der Waals surface area contributed by atoms with Crippen LogP contribution in [0.3, 0.4) is 0 Å². The number of hydrogen-bond acceptors (Lipinski definition) is 11. The lowest BCUT2D eigenvalue weighted by Crippen LogP contribution is -2.46. The Morgan fingerprint density at radius 3 is 2.08 bits per heavy atom. The Bertz CT molecular complexity index is 1890. The molecule has 2 unspecified atom stereocenters. The molecule has 2 N–H and O–H groups in total. The van der Waals surface area contributed by atoms with Crippen LogP contribution >= 0.6 is 12.2 Å². The van der Waals surface area contributed by atoms with Crippen molar-refractivity contribution in [3.63, 3.8) is 0 Å². The molecular formula is C37H40N4O9S2. The first-order valence-electron chi connectivity index (χ1n) is 16.6. The van der Waals surface area contributed by atoms with Gasteiger partial charge in [0.1, 0.15) is 35.1 Å². The summed E-state index contributed by atoms with van der Waals surface area (Å²) < 4.78 is 43.7. The van der Waals surface area contributed by atoms with Gasteiger partial charge in [0.25, 0.3) is 5.17 Å². The summed E-state index contributed by atoms with van der Waals surface area (Å²) in [4.78, 5) is 30.7. The van der Waals surface area contributed by atoms with Gasteiger partial charge in [-0.3, -0.25) is 13.6 Å². The minimum Gasteiger partial charge on any atom is -0.497 e. The number of aliphatic hydroxyl groups excluding tert-OH is 1. The fraction of sp³-hybridized carbons (Fsp3) is 0.351. The van der Waals surface area contributed by atoms with E-state index in [4.69, 9.17) is 35.9 Å². The summed E-state index contributed by atoms with van der Waals surface area (Å²) in [5.74, 6) is 1.86. The van der Waals surface area contributed by atoms with Crippen molar-refractivity contribution in [1.82, 2.24) is 14.5 Å². The molecule has 2 saturated heterocycles. The molecule has 13 nitrogen and oxygen atoms in total. The molecule has 6 rings (SSSR count). The number of thiocarbonyl (C=S) groups is 1. The predicted octanol–water partition coefficient (Wildman–Crippen LogP) is 3.22. The number of carbonyl (C=O) groups excluding carboxylic acids is 1. The topological polar surface area (TPSA) is 151 Å². The summed E-state index contributed by atoms with van der Waals surface area (Å²) in [5.41, 5.74) is 0.403. The molecule has 4 atom stereocenters. The molecule has 1 aromatic heterocycles. The van der Waals surface area contributed by atoms with Crippen LogP contribution in [0.2, 0.25) is 0 Å². The van der Waals surface area contributed by atoms with Crippen LogP contribution in [-0.2, 0) is 35.4 Å². The Morgan fingerprint density at radius 1 is 0.962 bits per heavy atom. The Morgan fingerprint density at radius 2 is 1.54 bits per heavy atom. The van der Waals surface area contributed by atoms with Crippen LogP contribution < -0.4 is 20.5 Å². The molecule has 3 heterocycles. The maximum absolute atomic E-state index is 13.3. The molecular weight excluding hydrogens is 709 g/mol. The zero-order valence-electron chi connectivity index (χ0n) is 28.9. The first-order valence-corrected chi connectivity index (χ1v) is 18.5. The highest BCUT2D eigenvalue weighted by Gasteiger charge is 2.49. The van der Waals surface area contributed by atoms with E-state index in [1.165, 1.54) is 23.8 Å². The minimum absolute atomic E-state index is 0.0631.